The van der Waals surface area contributed by atoms with Crippen LogP contribution < -0.4 is 10.1 Å². The average Bonchev–Trinajstić information content (AvgIpc) is 2.70. The monoisotopic (exact) mass is 247 g/mol. The quantitative estimate of drug-likeness (QED) is 0.889. The molecule has 0 heterocycles. The Hall–Kier alpha value is -1.51. The van der Waals surface area contributed by atoms with Crippen LogP contribution in [0.1, 0.15) is 27.7 Å². The van der Waals surface area contributed by atoms with E-state index in [1.807, 2.05) is 24.3 Å². The first-order valence-corrected chi connectivity index (χ1v) is 6.25. The maximum Gasteiger partial charge on any atom is 0.228 e. The molecule has 0 aromatic heterocycles. The predicted molar refractivity (Wildman–Crippen MR) is 72.7 cm³/mol. The van der Waals surface area contributed by atoms with Crippen LogP contribution in [-0.4, -0.2) is 13.0 Å². The molecule has 0 unspecified atom stereocenters. The van der Waals surface area contributed by atoms with Crippen LogP contribution in [0.3, 0.4) is 0 Å². The highest BCUT2D eigenvalue weighted by Gasteiger charge is 2.68. The summed E-state index contributed by atoms with van der Waals surface area (Å²) in [5.74, 6) is 0.974. The number of carbonyl (C=O) groups is 1. The van der Waals surface area contributed by atoms with Crippen molar-refractivity contribution in [3.05, 3.63) is 24.3 Å². The highest BCUT2D eigenvalue weighted by Crippen LogP contribution is 2.68. The minimum Gasteiger partial charge on any atom is -0.497 e. The molecule has 0 spiro atoms. The fourth-order valence-corrected chi connectivity index (χ4v) is 2.74. The Kier molecular flexibility index (Phi) is 2.88. The molecule has 0 radical (unpaired) electrons. The summed E-state index contributed by atoms with van der Waals surface area (Å²) in [5, 5.41) is 2.97. The Labute approximate surface area is 109 Å². The zero-order valence-electron chi connectivity index (χ0n) is 11.7. The van der Waals surface area contributed by atoms with Gasteiger partial charge in [-0.2, -0.15) is 0 Å². The summed E-state index contributed by atoms with van der Waals surface area (Å²) in [6, 6.07) is 7.41. The molecule has 1 fully saturated rings. The van der Waals surface area contributed by atoms with Gasteiger partial charge >= 0.3 is 0 Å². The number of rotatable bonds is 3. The van der Waals surface area contributed by atoms with Gasteiger partial charge < -0.3 is 10.1 Å². The van der Waals surface area contributed by atoms with Gasteiger partial charge in [0.15, 0.2) is 0 Å². The van der Waals surface area contributed by atoms with Crippen molar-refractivity contribution in [1.29, 1.82) is 0 Å². The van der Waals surface area contributed by atoms with E-state index in [1.54, 1.807) is 7.11 Å². The summed E-state index contributed by atoms with van der Waals surface area (Å²) >= 11 is 0. The van der Waals surface area contributed by atoms with Gasteiger partial charge in [0.25, 0.3) is 0 Å². The third kappa shape index (κ3) is 1.88. The number of ether oxygens (including phenoxy) is 1. The largest absolute Gasteiger partial charge is 0.497 e. The number of methoxy groups -OCH3 is 1. The van der Waals surface area contributed by atoms with Crippen LogP contribution in [0.4, 0.5) is 5.69 Å². The van der Waals surface area contributed by atoms with Crippen molar-refractivity contribution in [3.8, 4) is 5.75 Å². The molecule has 98 valence electrons. The van der Waals surface area contributed by atoms with Crippen LogP contribution in [0.5, 0.6) is 5.75 Å². The van der Waals surface area contributed by atoms with Crippen molar-refractivity contribution < 1.29 is 9.53 Å². The minimum absolute atomic E-state index is 0.0730. The van der Waals surface area contributed by atoms with Gasteiger partial charge in [0.05, 0.1) is 7.11 Å². The van der Waals surface area contributed by atoms with Gasteiger partial charge in [0.1, 0.15) is 5.75 Å². The first-order chi connectivity index (χ1) is 8.30. The summed E-state index contributed by atoms with van der Waals surface area (Å²) in [4.78, 5) is 12.2. The van der Waals surface area contributed by atoms with E-state index < -0.39 is 0 Å². The summed E-state index contributed by atoms with van der Waals surface area (Å²) < 4.78 is 5.09. The van der Waals surface area contributed by atoms with E-state index in [4.69, 9.17) is 4.74 Å². The summed E-state index contributed by atoms with van der Waals surface area (Å²) in [7, 11) is 1.63. The van der Waals surface area contributed by atoms with Gasteiger partial charge in [-0.05, 0) is 35.1 Å². The Morgan fingerprint density at radius 3 is 2.00 bits per heavy atom. The van der Waals surface area contributed by atoms with Gasteiger partial charge in [-0.3, -0.25) is 4.79 Å². The van der Waals surface area contributed by atoms with Crippen molar-refractivity contribution in [1.82, 2.24) is 0 Å². The van der Waals surface area contributed by atoms with Crippen LogP contribution in [0.15, 0.2) is 24.3 Å². The second-order valence-corrected chi connectivity index (χ2v) is 6.09. The van der Waals surface area contributed by atoms with Crippen molar-refractivity contribution in [2.45, 2.75) is 27.7 Å². The first kappa shape index (κ1) is 12.9. The molecule has 18 heavy (non-hydrogen) atoms. The Morgan fingerprint density at radius 1 is 1.11 bits per heavy atom. The molecule has 3 nitrogen and oxygen atoms in total. The fourth-order valence-electron chi connectivity index (χ4n) is 2.74. The van der Waals surface area contributed by atoms with E-state index in [0.29, 0.717) is 0 Å². The lowest BCUT2D eigenvalue weighted by atomic mass is 10.0. The molecule has 1 aliphatic carbocycles. The highest BCUT2D eigenvalue weighted by atomic mass is 16.5. The van der Waals surface area contributed by atoms with Crippen LogP contribution in [0.25, 0.3) is 0 Å². The zero-order chi connectivity index (χ0) is 13.6. The average molecular weight is 247 g/mol. The van der Waals surface area contributed by atoms with E-state index >= 15 is 0 Å². The van der Waals surface area contributed by atoms with Crippen LogP contribution in [-0.2, 0) is 4.79 Å². The predicted octanol–water partition coefficient (Wildman–Crippen LogP) is 3.32. The summed E-state index contributed by atoms with van der Waals surface area (Å²) in [5.41, 5.74) is 0.965. The van der Waals surface area contributed by atoms with Gasteiger partial charge in [0, 0.05) is 11.6 Å². The van der Waals surface area contributed by atoms with Gasteiger partial charge in [0.2, 0.25) is 5.91 Å². The van der Waals surface area contributed by atoms with Crippen molar-refractivity contribution >= 4 is 11.6 Å². The standard InChI is InChI=1S/C15H21NO2/c1-14(2)12(15(14,3)4)13(17)16-10-6-8-11(18-5)9-7-10/h6-9,12H,1-5H3,(H,16,17). The van der Waals surface area contributed by atoms with E-state index in [0.717, 1.165) is 11.4 Å². The van der Waals surface area contributed by atoms with Gasteiger partial charge in [-0.25, -0.2) is 0 Å². The first-order valence-electron chi connectivity index (χ1n) is 6.25. The number of nitrogens with one attached hydrogen (secondary N) is 1. The molecule has 0 atom stereocenters. The maximum atomic E-state index is 12.2. The molecule has 1 aromatic carbocycles. The number of anilines is 1. The second kappa shape index (κ2) is 4.01. The topological polar surface area (TPSA) is 38.3 Å². The molecule has 1 aliphatic rings. The molecule has 1 amide bonds. The molecule has 0 bridgehead atoms. The number of amides is 1. The SMILES string of the molecule is COc1ccc(NC(=O)C2C(C)(C)C2(C)C)cc1. The van der Waals surface area contributed by atoms with Crippen molar-refractivity contribution in [3.63, 3.8) is 0 Å². The third-order valence-electron chi connectivity index (χ3n) is 4.64. The molecule has 3 heteroatoms. The molecule has 0 saturated heterocycles. The van der Waals surface area contributed by atoms with Crippen LogP contribution >= 0.6 is 0 Å². The lowest BCUT2D eigenvalue weighted by Gasteiger charge is -2.07. The summed E-state index contributed by atoms with van der Waals surface area (Å²) in [6.45, 7) is 8.58. The molecule has 0 aliphatic heterocycles. The minimum atomic E-state index is 0.0730. The number of benzene rings is 1. The van der Waals surface area contributed by atoms with Crippen molar-refractivity contribution in [2.24, 2.45) is 16.7 Å². The lowest BCUT2D eigenvalue weighted by Crippen LogP contribution is -2.17. The Bertz CT molecular complexity index is 446. The highest BCUT2D eigenvalue weighted by molar-refractivity contribution is 5.96. The molecule has 2 rings (SSSR count). The molecular weight excluding hydrogens is 226 g/mol. The van der Waals surface area contributed by atoms with E-state index in [1.165, 1.54) is 0 Å². The normalized spacial score (nSPS) is 20.3. The van der Waals surface area contributed by atoms with E-state index in [2.05, 4.69) is 33.0 Å². The van der Waals surface area contributed by atoms with E-state index in [-0.39, 0.29) is 22.7 Å². The molecule has 1 aromatic rings. The van der Waals surface area contributed by atoms with Gasteiger partial charge in [-0.15, -0.1) is 0 Å². The zero-order valence-corrected chi connectivity index (χ0v) is 11.7. The molecular formula is C15H21NO2. The molecule has 1 saturated carbocycles. The van der Waals surface area contributed by atoms with E-state index in [9.17, 15) is 4.79 Å². The Morgan fingerprint density at radius 2 is 1.61 bits per heavy atom. The smallest absolute Gasteiger partial charge is 0.228 e. The van der Waals surface area contributed by atoms with Crippen LogP contribution in [0.2, 0.25) is 0 Å². The maximum absolute atomic E-state index is 12.2. The number of hydrogen-bond donors (Lipinski definition) is 1. The summed E-state index contributed by atoms with van der Waals surface area (Å²) in [6.07, 6.45) is 0. The third-order valence-corrected chi connectivity index (χ3v) is 4.64. The molecule has 1 N–H and O–H groups in total. The Balaban J connectivity index is 2.05. The van der Waals surface area contributed by atoms with Crippen LogP contribution in [0, 0.1) is 16.7 Å². The second-order valence-electron chi connectivity index (χ2n) is 6.09. The van der Waals surface area contributed by atoms with Crippen molar-refractivity contribution in [2.75, 3.05) is 12.4 Å². The number of carbonyl (C=O) groups excluding carboxylic acids is 1. The lowest BCUT2D eigenvalue weighted by molar-refractivity contribution is -0.118. The van der Waals surface area contributed by atoms with Gasteiger partial charge in [-0.1, -0.05) is 27.7 Å². The fraction of sp³-hybridized carbons (Fsp3) is 0.533. The number of hydrogen-bond acceptors (Lipinski definition) is 2.